The largest absolute Gasteiger partial charge is 0.496 e. The molecule has 29 heavy (non-hydrogen) atoms. The molecular weight excluding hydrogens is 376 g/mol. The molecule has 2 heterocycles. The van der Waals surface area contributed by atoms with Gasteiger partial charge >= 0.3 is 0 Å². The van der Waals surface area contributed by atoms with Crippen LogP contribution >= 0.6 is 0 Å². The summed E-state index contributed by atoms with van der Waals surface area (Å²) in [6.45, 7) is 1.84. The highest BCUT2D eigenvalue weighted by molar-refractivity contribution is 6.22. The third-order valence-corrected chi connectivity index (χ3v) is 5.17. The number of carbonyl (C=O) groups is 2. The Hall–Kier alpha value is -3.55. The van der Waals surface area contributed by atoms with Gasteiger partial charge in [0.15, 0.2) is 0 Å². The molecule has 0 N–H and O–H groups in total. The van der Waals surface area contributed by atoms with Gasteiger partial charge in [-0.05, 0) is 12.1 Å². The highest BCUT2D eigenvalue weighted by Gasteiger charge is 2.47. The summed E-state index contributed by atoms with van der Waals surface area (Å²) in [6.07, 6.45) is -0.867. The van der Waals surface area contributed by atoms with Crippen LogP contribution in [0.4, 0.5) is 0 Å². The standard InChI is InChI=1S/C21H20N2O6/c1-11-18(17-15(27-3)9-12(26-2)10-16(17)28-4)22-29-21(11)23-19(24)13-7-5-6-8-14(13)20(23)25/h5-11,21H,1-4H3/t11-,21+/m1/s1. The van der Waals surface area contributed by atoms with E-state index in [0.717, 1.165) is 4.90 Å². The van der Waals surface area contributed by atoms with E-state index in [-0.39, 0.29) is 0 Å². The second kappa shape index (κ2) is 7.12. The molecule has 2 aliphatic rings. The third kappa shape index (κ3) is 2.79. The van der Waals surface area contributed by atoms with Crippen LogP contribution in [0.3, 0.4) is 0 Å². The van der Waals surface area contributed by atoms with E-state index in [1.165, 1.54) is 14.2 Å². The number of carbonyl (C=O) groups excluding carboxylic acids is 2. The van der Waals surface area contributed by atoms with Crippen LogP contribution in [-0.2, 0) is 4.84 Å². The summed E-state index contributed by atoms with van der Waals surface area (Å²) in [5, 5.41) is 4.19. The van der Waals surface area contributed by atoms with E-state index in [1.54, 1.807) is 43.5 Å². The first-order chi connectivity index (χ1) is 14.0. The smallest absolute Gasteiger partial charge is 0.264 e. The van der Waals surface area contributed by atoms with Crippen molar-refractivity contribution in [1.82, 2.24) is 4.90 Å². The summed E-state index contributed by atoms with van der Waals surface area (Å²) in [6, 6.07) is 10.1. The topological polar surface area (TPSA) is 86.7 Å². The fraction of sp³-hybridized carbons (Fsp3) is 0.286. The molecule has 0 aliphatic carbocycles. The molecule has 0 aromatic heterocycles. The quantitative estimate of drug-likeness (QED) is 0.723. The van der Waals surface area contributed by atoms with E-state index in [4.69, 9.17) is 19.0 Å². The highest BCUT2D eigenvalue weighted by atomic mass is 16.7. The second-order valence-corrected chi connectivity index (χ2v) is 6.69. The number of hydrogen-bond donors (Lipinski definition) is 0. The number of amides is 2. The molecule has 2 aromatic rings. The van der Waals surface area contributed by atoms with Crippen LogP contribution in [0, 0.1) is 5.92 Å². The first kappa shape index (κ1) is 18.8. The van der Waals surface area contributed by atoms with E-state index >= 15 is 0 Å². The van der Waals surface area contributed by atoms with Crippen molar-refractivity contribution < 1.29 is 28.6 Å². The fourth-order valence-electron chi connectivity index (χ4n) is 3.66. The number of benzene rings is 2. The van der Waals surface area contributed by atoms with Gasteiger partial charge in [0.05, 0.1) is 43.9 Å². The van der Waals surface area contributed by atoms with Crippen LogP contribution in [0.25, 0.3) is 0 Å². The lowest BCUT2D eigenvalue weighted by Crippen LogP contribution is -2.44. The zero-order valence-corrected chi connectivity index (χ0v) is 16.5. The Morgan fingerprint density at radius 1 is 0.931 bits per heavy atom. The Balaban J connectivity index is 1.70. The number of methoxy groups -OCH3 is 3. The monoisotopic (exact) mass is 396 g/mol. The maximum absolute atomic E-state index is 12.8. The molecule has 2 amide bonds. The minimum Gasteiger partial charge on any atom is -0.496 e. The molecule has 0 spiro atoms. The van der Waals surface area contributed by atoms with Crippen molar-refractivity contribution in [3.05, 3.63) is 53.1 Å². The van der Waals surface area contributed by atoms with Crippen molar-refractivity contribution in [3.8, 4) is 17.2 Å². The SMILES string of the molecule is COc1cc(OC)c(C2=NO[C@H](N3C(=O)c4ccccc4C3=O)[C@@H]2C)c(OC)c1. The number of ether oxygens (including phenoxy) is 3. The molecule has 0 saturated carbocycles. The average molecular weight is 396 g/mol. The molecular formula is C21H20N2O6. The van der Waals surface area contributed by atoms with Crippen LogP contribution in [0.2, 0.25) is 0 Å². The van der Waals surface area contributed by atoms with Gasteiger partial charge in [-0.2, -0.15) is 0 Å². The molecule has 2 aromatic carbocycles. The Labute approximate surface area is 167 Å². The van der Waals surface area contributed by atoms with Crippen LogP contribution in [0.5, 0.6) is 17.2 Å². The molecule has 2 aliphatic heterocycles. The molecule has 4 rings (SSSR count). The predicted molar refractivity (Wildman–Crippen MR) is 104 cm³/mol. The van der Waals surface area contributed by atoms with Crippen molar-refractivity contribution in [2.75, 3.05) is 21.3 Å². The Morgan fingerprint density at radius 2 is 1.48 bits per heavy atom. The molecule has 0 radical (unpaired) electrons. The number of rotatable bonds is 5. The van der Waals surface area contributed by atoms with E-state index in [2.05, 4.69) is 5.16 Å². The average Bonchev–Trinajstić information content (AvgIpc) is 3.24. The second-order valence-electron chi connectivity index (χ2n) is 6.69. The molecule has 150 valence electrons. The van der Waals surface area contributed by atoms with Gasteiger partial charge in [-0.25, -0.2) is 4.90 Å². The maximum Gasteiger partial charge on any atom is 0.264 e. The van der Waals surface area contributed by atoms with Gasteiger partial charge in [0.1, 0.15) is 23.0 Å². The van der Waals surface area contributed by atoms with Crippen molar-refractivity contribution in [2.45, 2.75) is 13.2 Å². The lowest BCUT2D eigenvalue weighted by atomic mass is 9.95. The highest BCUT2D eigenvalue weighted by Crippen LogP contribution is 2.40. The van der Waals surface area contributed by atoms with Gasteiger partial charge in [-0.15, -0.1) is 0 Å². The summed E-state index contributed by atoms with van der Waals surface area (Å²) in [7, 11) is 4.60. The first-order valence-corrected chi connectivity index (χ1v) is 9.02. The van der Waals surface area contributed by atoms with Crippen LogP contribution in [0.1, 0.15) is 33.2 Å². The van der Waals surface area contributed by atoms with Crippen molar-refractivity contribution in [1.29, 1.82) is 0 Å². The van der Waals surface area contributed by atoms with Crippen LogP contribution in [-0.4, -0.2) is 50.0 Å². The zero-order valence-electron chi connectivity index (χ0n) is 16.5. The van der Waals surface area contributed by atoms with Gasteiger partial charge in [0.2, 0.25) is 6.23 Å². The van der Waals surface area contributed by atoms with Gasteiger partial charge in [-0.3, -0.25) is 9.59 Å². The van der Waals surface area contributed by atoms with Crippen LogP contribution < -0.4 is 14.2 Å². The van der Waals surface area contributed by atoms with E-state index in [0.29, 0.717) is 39.7 Å². The normalized spacial score (nSPS) is 20.3. The van der Waals surface area contributed by atoms with Gasteiger partial charge in [-0.1, -0.05) is 24.2 Å². The molecule has 0 unspecified atom stereocenters. The third-order valence-electron chi connectivity index (χ3n) is 5.17. The van der Waals surface area contributed by atoms with Crippen LogP contribution in [0.15, 0.2) is 41.6 Å². The summed E-state index contributed by atoms with van der Waals surface area (Å²) < 4.78 is 16.3. The fourth-order valence-corrected chi connectivity index (χ4v) is 3.66. The summed E-state index contributed by atoms with van der Waals surface area (Å²) >= 11 is 0. The van der Waals surface area contributed by atoms with Crippen molar-refractivity contribution in [2.24, 2.45) is 11.1 Å². The minimum atomic E-state index is -0.867. The van der Waals surface area contributed by atoms with E-state index < -0.39 is 24.0 Å². The van der Waals surface area contributed by atoms with Gasteiger partial charge < -0.3 is 19.0 Å². The van der Waals surface area contributed by atoms with E-state index in [1.807, 2.05) is 6.92 Å². The number of nitrogens with zero attached hydrogens (tertiary/aromatic N) is 2. The molecule has 0 fully saturated rings. The lowest BCUT2D eigenvalue weighted by Gasteiger charge is -2.24. The minimum absolute atomic E-state index is 0.362. The van der Waals surface area contributed by atoms with Crippen molar-refractivity contribution in [3.63, 3.8) is 0 Å². The number of imide groups is 1. The Morgan fingerprint density at radius 3 is 1.97 bits per heavy atom. The molecule has 0 saturated heterocycles. The van der Waals surface area contributed by atoms with Gasteiger partial charge in [0.25, 0.3) is 11.8 Å². The molecule has 2 atom stereocenters. The van der Waals surface area contributed by atoms with Crippen molar-refractivity contribution >= 4 is 17.5 Å². The molecule has 8 heteroatoms. The Bertz CT molecular complexity index is 972. The zero-order chi connectivity index (χ0) is 20.7. The Kier molecular flexibility index (Phi) is 4.62. The summed E-state index contributed by atoms with van der Waals surface area (Å²) in [5.41, 5.74) is 1.83. The number of fused-ring (bicyclic) bond motifs is 1. The lowest BCUT2D eigenvalue weighted by molar-refractivity contribution is -0.0287. The number of oxime groups is 1. The first-order valence-electron chi connectivity index (χ1n) is 9.02. The maximum atomic E-state index is 12.8. The summed E-state index contributed by atoms with van der Waals surface area (Å²) in [5.74, 6) is 0.330. The molecule has 0 bridgehead atoms. The van der Waals surface area contributed by atoms with E-state index in [9.17, 15) is 9.59 Å². The summed E-state index contributed by atoms with van der Waals surface area (Å²) in [4.78, 5) is 32.3. The molecule has 8 nitrogen and oxygen atoms in total. The predicted octanol–water partition coefficient (Wildman–Crippen LogP) is 2.71. The number of hydrogen-bond acceptors (Lipinski definition) is 7. The van der Waals surface area contributed by atoms with Gasteiger partial charge in [0, 0.05) is 12.1 Å².